The van der Waals surface area contributed by atoms with Gasteiger partial charge >= 0.3 is 0 Å². The molecular formula is C11H10BrNOS. The first-order valence-electron chi connectivity index (χ1n) is 4.57. The van der Waals surface area contributed by atoms with Crippen molar-refractivity contribution in [3.05, 3.63) is 50.9 Å². The molecule has 0 aliphatic carbocycles. The summed E-state index contributed by atoms with van der Waals surface area (Å²) in [5.41, 5.74) is 1.84. The van der Waals surface area contributed by atoms with Gasteiger partial charge in [0.15, 0.2) is 0 Å². The van der Waals surface area contributed by atoms with Crippen molar-refractivity contribution in [2.45, 2.75) is 12.5 Å². The number of thiophene rings is 1. The molecule has 0 saturated carbocycles. The fourth-order valence-corrected chi connectivity index (χ4v) is 2.57. The van der Waals surface area contributed by atoms with Gasteiger partial charge in [0.25, 0.3) is 0 Å². The number of pyridine rings is 1. The van der Waals surface area contributed by atoms with Crippen molar-refractivity contribution in [2.24, 2.45) is 0 Å². The summed E-state index contributed by atoms with van der Waals surface area (Å²) >= 11 is 5.02. The zero-order valence-electron chi connectivity index (χ0n) is 7.93. The van der Waals surface area contributed by atoms with Crippen LogP contribution in [-0.2, 0) is 6.42 Å². The number of aliphatic hydroxyl groups is 1. The average Bonchev–Trinajstić information content (AvgIpc) is 2.71. The summed E-state index contributed by atoms with van der Waals surface area (Å²) in [4.78, 5) is 4.17. The Bertz CT molecular complexity index is 430. The molecule has 78 valence electrons. The van der Waals surface area contributed by atoms with Crippen molar-refractivity contribution in [1.29, 1.82) is 0 Å². The van der Waals surface area contributed by atoms with E-state index in [0.29, 0.717) is 12.1 Å². The van der Waals surface area contributed by atoms with Crippen molar-refractivity contribution in [1.82, 2.24) is 4.98 Å². The van der Waals surface area contributed by atoms with Gasteiger partial charge < -0.3 is 5.11 Å². The molecule has 2 rings (SSSR count). The van der Waals surface area contributed by atoms with Gasteiger partial charge in [-0.3, -0.25) is 4.98 Å². The second-order valence-corrected chi connectivity index (χ2v) is 4.86. The monoisotopic (exact) mass is 283 g/mol. The van der Waals surface area contributed by atoms with Gasteiger partial charge in [-0.05, 0) is 50.5 Å². The van der Waals surface area contributed by atoms with Crippen LogP contribution >= 0.6 is 27.3 Å². The van der Waals surface area contributed by atoms with E-state index in [1.54, 1.807) is 17.5 Å². The molecule has 0 fully saturated rings. The summed E-state index contributed by atoms with van der Waals surface area (Å²) in [6, 6.07) is 5.74. The van der Waals surface area contributed by atoms with Crippen molar-refractivity contribution in [2.75, 3.05) is 0 Å². The number of aromatic nitrogens is 1. The Morgan fingerprint density at radius 2 is 2.33 bits per heavy atom. The van der Waals surface area contributed by atoms with Crippen LogP contribution in [-0.4, -0.2) is 10.1 Å². The van der Waals surface area contributed by atoms with Crippen molar-refractivity contribution < 1.29 is 5.11 Å². The third-order valence-corrected chi connectivity index (χ3v) is 3.51. The van der Waals surface area contributed by atoms with Crippen LogP contribution in [0.4, 0.5) is 0 Å². The zero-order chi connectivity index (χ0) is 10.7. The standard InChI is InChI=1S/C11H10BrNOS/c12-9-2-1-4-13-11(9)10(14)6-8-3-5-15-7-8/h1-5,7,10,14H,6H2. The summed E-state index contributed by atoms with van der Waals surface area (Å²) in [5.74, 6) is 0. The lowest BCUT2D eigenvalue weighted by molar-refractivity contribution is 0.173. The van der Waals surface area contributed by atoms with E-state index in [0.717, 1.165) is 10.0 Å². The predicted molar refractivity (Wildman–Crippen MR) is 64.9 cm³/mol. The lowest BCUT2D eigenvalue weighted by atomic mass is 10.1. The van der Waals surface area contributed by atoms with Crippen molar-refractivity contribution >= 4 is 27.3 Å². The average molecular weight is 284 g/mol. The maximum atomic E-state index is 9.99. The summed E-state index contributed by atoms with van der Waals surface area (Å²) in [7, 11) is 0. The first-order valence-corrected chi connectivity index (χ1v) is 6.30. The van der Waals surface area contributed by atoms with Gasteiger partial charge in [-0.25, -0.2) is 0 Å². The van der Waals surface area contributed by atoms with Gasteiger partial charge in [-0.1, -0.05) is 0 Å². The molecule has 0 amide bonds. The molecule has 0 spiro atoms. The largest absolute Gasteiger partial charge is 0.386 e. The molecule has 0 radical (unpaired) electrons. The Kier molecular flexibility index (Phi) is 3.51. The molecule has 2 aromatic rings. The maximum Gasteiger partial charge on any atom is 0.101 e. The Morgan fingerprint density at radius 3 is 3.00 bits per heavy atom. The Labute approximate surface area is 101 Å². The van der Waals surface area contributed by atoms with Gasteiger partial charge in [-0.2, -0.15) is 11.3 Å². The molecule has 1 atom stereocenters. The highest BCUT2D eigenvalue weighted by atomic mass is 79.9. The molecule has 1 unspecified atom stereocenters. The first kappa shape index (κ1) is 10.8. The molecule has 2 heterocycles. The second kappa shape index (κ2) is 4.88. The van der Waals surface area contributed by atoms with Crippen LogP contribution in [0.5, 0.6) is 0 Å². The molecule has 0 bridgehead atoms. The van der Waals surface area contributed by atoms with E-state index in [9.17, 15) is 5.11 Å². The number of aliphatic hydroxyl groups excluding tert-OH is 1. The minimum absolute atomic E-state index is 0.546. The highest BCUT2D eigenvalue weighted by molar-refractivity contribution is 9.10. The SMILES string of the molecule is OC(Cc1ccsc1)c1ncccc1Br. The van der Waals surface area contributed by atoms with E-state index in [-0.39, 0.29) is 0 Å². The minimum Gasteiger partial charge on any atom is -0.386 e. The third-order valence-electron chi connectivity index (χ3n) is 2.11. The molecular weight excluding hydrogens is 274 g/mol. The number of hydrogen-bond acceptors (Lipinski definition) is 3. The minimum atomic E-state index is -0.546. The van der Waals surface area contributed by atoms with Crippen LogP contribution in [0, 0.1) is 0 Å². The highest BCUT2D eigenvalue weighted by Gasteiger charge is 2.13. The molecule has 0 aliphatic rings. The van der Waals surface area contributed by atoms with E-state index < -0.39 is 6.10 Å². The lowest BCUT2D eigenvalue weighted by Gasteiger charge is -2.10. The molecule has 2 aromatic heterocycles. The van der Waals surface area contributed by atoms with Crippen LogP contribution < -0.4 is 0 Å². The fraction of sp³-hybridized carbons (Fsp3) is 0.182. The summed E-state index contributed by atoms with van der Waals surface area (Å²) in [5, 5.41) is 14.0. The third kappa shape index (κ3) is 2.65. The summed E-state index contributed by atoms with van der Waals surface area (Å²) < 4.78 is 0.854. The van der Waals surface area contributed by atoms with Crippen molar-refractivity contribution in [3.63, 3.8) is 0 Å². The number of hydrogen-bond donors (Lipinski definition) is 1. The molecule has 0 saturated heterocycles. The zero-order valence-corrected chi connectivity index (χ0v) is 10.3. The van der Waals surface area contributed by atoms with E-state index >= 15 is 0 Å². The smallest absolute Gasteiger partial charge is 0.101 e. The van der Waals surface area contributed by atoms with Crippen LogP contribution in [0.1, 0.15) is 17.4 Å². The summed E-state index contributed by atoms with van der Waals surface area (Å²) in [6.07, 6.45) is 1.76. The van der Waals surface area contributed by atoms with Crippen molar-refractivity contribution in [3.8, 4) is 0 Å². The van der Waals surface area contributed by atoms with E-state index in [2.05, 4.69) is 20.9 Å². The molecule has 0 aromatic carbocycles. The van der Waals surface area contributed by atoms with E-state index in [4.69, 9.17) is 0 Å². The topological polar surface area (TPSA) is 33.1 Å². The normalized spacial score (nSPS) is 12.7. The molecule has 4 heteroatoms. The molecule has 2 nitrogen and oxygen atoms in total. The summed E-state index contributed by atoms with van der Waals surface area (Å²) in [6.45, 7) is 0. The maximum absolute atomic E-state index is 9.99. The van der Waals surface area contributed by atoms with Crippen LogP contribution in [0.2, 0.25) is 0 Å². The van der Waals surface area contributed by atoms with Gasteiger partial charge in [-0.15, -0.1) is 0 Å². The second-order valence-electron chi connectivity index (χ2n) is 3.22. The van der Waals surface area contributed by atoms with E-state index in [1.807, 2.05) is 29.0 Å². The number of rotatable bonds is 3. The van der Waals surface area contributed by atoms with Crippen LogP contribution in [0.25, 0.3) is 0 Å². The van der Waals surface area contributed by atoms with Gasteiger partial charge in [0.2, 0.25) is 0 Å². The van der Waals surface area contributed by atoms with E-state index in [1.165, 1.54) is 0 Å². The van der Waals surface area contributed by atoms with Gasteiger partial charge in [0.1, 0.15) is 6.10 Å². The fourth-order valence-electron chi connectivity index (χ4n) is 1.37. The molecule has 15 heavy (non-hydrogen) atoms. The van der Waals surface area contributed by atoms with Crippen LogP contribution in [0.15, 0.2) is 39.6 Å². The lowest BCUT2D eigenvalue weighted by Crippen LogP contribution is -2.04. The Balaban J connectivity index is 2.15. The quantitative estimate of drug-likeness (QED) is 0.939. The number of halogens is 1. The Hall–Kier alpha value is -0.710. The molecule has 1 N–H and O–H groups in total. The highest BCUT2D eigenvalue weighted by Crippen LogP contribution is 2.24. The first-order chi connectivity index (χ1) is 7.27. The predicted octanol–water partition coefficient (Wildman–Crippen LogP) is 3.18. The van der Waals surface area contributed by atoms with Gasteiger partial charge in [0, 0.05) is 17.1 Å². The Morgan fingerprint density at radius 1 is 1.47 bits per heavy atom. The van der Waals surface area contributed by atoms with Gasteiger partial charge in [0.05, 0.1) is 5.69 Å². The molecule has 0 aliphatic heterocycles. The number of nitrogens with zero attached hydrogens (tertiary/aromatic N) is 1. The van der Waals surface area contributed by atoms with Crippen LogP contribution in [0.3, 0.4) is 0 Å².